The number of nitrogens with one attached hydrogen (secondary N) is 1. The molecule has 1 unspecified atom stereocenters. The van der Waals surface area contributed by atoms with Gasteiger partial charge in [-0.2, -0.15) is 0 Å². The van der Waals surface area contributed by atoms with E-state index in [2.05, 4.69) is 36.5 Å². The lowest BCUT2D eigenvalue weighted by Crippen LogP contribution is -2.52. The molecule has 49 heavy (non-hydrogen) atoms. The standard InChI is InChI=1S/C40H40N2O7/c1-2-34(27-7-4-3-5-8-27)38(28-9-13-31(43)14-10-28)29-11-15-32(16-12-29)49-24-23-47-21-6-22-48-33-17-18-35-30(25-33)26-42(40(35)46)36-19-20-37(44)41-39(36)45/h3-5,7-18,25,36,43H,2,6,19-24,26H2,1H3,(H,41,44,45)/b38-34-. The van der Waals surface area contributed by atoms with E-state index in [0.29, 0.717) is 57.1 Å². The summed E-state index contributed by atoms with van der Waals surface area (Å²) < 4.78 is 17.6. The van der Waals surface area contributed by atoms with Gasteiger partial charge >= 0.3 is 0 Å². The predicted octanol–water partition coefficient (Wildman–Crippen LogP) is 6.39. The molecule has 4 aromatic rings. The molecule has 2 aliphatic heterocycles. The first-order valence-electron chi connectivity index (χ1n) is 16.7. The Morgan fingerprint density at radius 2 is 1.49 bits per heavy atom. The van der Waals surface area contributed by atoms with Crippen LogP contribution in [0.15, 0.2) is 97.1 Å². The average Bonchev–Trinajstić information content (AvgIpc) is 3.44. The quantitative estimate of drug-likeness (QED) is 0.0916. The Bertz CT molecular complexity index is 1820. The molecule has 6 rings (SSSR count). The Morgan fingerprint density at radius 3 is 2.20 bits per heavy atom. The van der Waals surface area contributed by atoms with Crippen molar-refractivity contribution < 1.29 is 33.7 Å². The fraction of sp³-hybridized carbons (Fsp3) is 0.275. The van der Waals surface area contributed by atoms with E-state index in [-0.39, 0.29) is 24.0 Å². The number of allylic oxidation sites excluding steroid dienone is 1. The Balaban J connectivity index is 0.951. The zero-order chi connectivity index (χ0) is 34.2. The van der Waals surface area contributed by atoms with Crippen molar-refractivity contribution in [3.05, 3.63) is 125 Å². The third kappa shape index (κ3) is 8.01. The summed E-state index contributed by atoms with van der Waals surface area (Å²) in [5.74, 6) is 0.718. The lowest BCUT2D eigenvalue weighted by Gasteiger charge is -2.29. The summed E-state index contributed by atoms with van der Waals surface area (Å²) >= 11 is 0. The van der Waals surface area contributed by atoms with Crippen LogP contribution in [0, 0.1) is 0 Å². The second-order valence-corrected chi connectivity index (χ2v) is 12.0. The van der Waals surface area contributed by atoms with Gasteiger partial charge in [0.05, 0.1) is 13.2 Å². The fourth-order valence-corrected chi connectivity index (χ4v) is 6.34. The maximum Gasteiger partial charge on any atom is 0.255 e. The van der Waals surface area contributed by atoms with Crippen molar-refractivity contribution in [2.45, 2.75) is 45.2 Å². The average molecular weight is 661 g/mol. The Labute approximate surface area is 286 Å². The number of carbonyl (C=O) groups excluding carboxylic acids is 3. The molecular weight excluding hydrogens is 620 g/mol. The molecule has 0 radical (unpaired) electrons. The Hall–Kier alpha value is -5.41. The second kappa shape index (κ2) is 15.7. The van der Waals surface area contributed by atoms with Crippen LogP contribution in [0.5, 0.6) is 17.2 Å². The van der Waals surface area contributed by atoms with Crippen LogP contribution in [0.25, 0.3) is 11.1 Å². The molecular formula is C40H40N2O7. The molecule has 252 valence electrons. The number of phenolic OH excluding ortho intramolecular Hbond substituents is 1. The molecule has 1 atom stereocenters. The zero-order valence-electron chi connectivity index (χ0n) is 27.5. The second-order valence-electron chi connectivity index (χ2n) is 12.0. The number of piperidine rings is 1. The number of fused-ring (bicyclic) bond motifs is 1. The van der Waals surface area contributed by atoms with Gasteiger partial charge in [0.1, 0.15) is 29.9 Å². The SMILES string of the molecule is CC/C(=C(\c1ccc(O)cc1)c1ccc(OCCOCCCOc2ccc3c(c2)CN(C2CCC(=O)NC2=O)C3=O)cc1)c1ccccc1. The van der Waals surface area contributed by atoms with Gasteiger partial charge in [-0.05, 0) is 88.7 Å². The summed E-state index contributed by atoms with van der Waals surface area (Å²) in [6.45, 7) is 4.27. The van der Waals surface area contributed by atoms with Gasteiger partial charge < -0.3 is 24.2 Å². The van der Waals surface area contributed by atoms with Crippen LogP contribution in [0.2, 0.25) is 0 Å². The van der Waals surface area contributed by atoms with E-state index in [9.17, 15) is 19.5 Å². The third-order valence-corrected chi connectivity index (χ3v) is 8.77. The van der Waals surface area contributed by atoms with Gasteiger partial charge in [-0.1, -0.05) is 61.5 Å². The molecule has 4 aromatic carbocycles. The van der Waals surface area contributed by atoms with E-state index in [1.165, 1.54) is 10.5 Å². The molecule has 0 aliphatic carbocycles. The number of nitrogens with zero attached hydrogens (tertiary/aromatic N) is 1. The number of rotatable bonds is 14. The highest BCUT2D eigenvalue weighted by atomic mass is 16.5. The van der Waals surface area contributed by atoms with E-state index in [0.717, 1.165) is 40.0 Å². The largest absolute Gasteiger partial charge is 0.508 e. The first-order valence-corrected chi connectivity index (χ1v) is 16.7. The summed E-state index contributed by atoms with van der Waals surface area (Å²) in [5.41, 5.74) is 6.97. The van der Waals surface area contributed by atoms with E-state index >= 15 is 0 Å². The highest BCUT2D eigenvalue weighted by Gasteiger charge is 2.39. The van der Waals surface area contributed by atoms with Crippen molar-refractivity contribution in [2.75, 3.05) is 26.4 Å². The van der Waals surface area contributed by atoms with E-state index in [4.69, 9.17) is 14.2 Å². The fourth-order valence-electron chi connectivity index (χ4n) is 6.34. The molecule has 1 fully saturated rings. The predicted molar refractivity (Wildman–Crippen MR) is 186 cm³/mol. The Kier molecular flexibility index (Phi) is 10.7. The van der Waals surface area contributed by atoms with Crippen LogP contribution in [0.4, 0.5) is 0 Å². The van der Waals surface area contributed by atoms with Gasteiger partial charge in [0.15, 0.2) is 0 Å². The topological polar surface area (TPSA) is 114 Å². The van der Waals surface area contributed by atoms with Crippen LogP contribution in [0.3, 0.4) is 0 Å². The summed E-state index contributed by atoms with van der Waals surface area (Å²) in [5, 5.41) is 12.2. The van der Waals surface area contributed by atoms with Crippen LogP contribution in [-0.4, -0.2) is 60.2 Å². The van der Waals surface area contributed by atoms with Crippen molar-refractivity contribution in [3.8, 4) is 17.2 Å². The van der Waals surface area contributed by atoms with Crippen LogP contribution < -0.4 is 14.8 Å². The van der Waals surface area contributed by atoms with E-state index < -0.39 is 11.9 Å². The molecule has 1 saturated heterocycles. The maximum atomic E-state index is 12.9. The molecule has 3 amide bonds. The summed E-state index contributed by atoms with van der Waals surface area (Å²) in [6.07, 6.45) is 2.09. The van der Waals surface area contributed by atoms with Gasteiger partial charge in [0.2, 0.25) is 11.8 Å². The molecule has 2 heterocycles. The van der Waals surface area contributed by atoms with Gasteiger partial charge in [-0.15, -0.1) is 0 Å². The summed E-state index contributed by atoms with van der Waals surface area (Å²) in [6, 6.07) is 30.5. The number of hydrogen-bond donors (Lipinski definition) is 2. The number of carbonyl (C=O) groups is 3. The van der Waals surface area contributed by atoms with Gasteiger partial charge in [-0.25, -0.2) is 0 Å². The number of hydrogen-bond acceptors (Lipinski definition) is 7. The number of phenols is 1. The molecule has 9 nitrogen and oxygen atoms in total. The number of ether oxygens (including phenoxy) is 3. The van der Waals surface area contributed by atoms with Crippen molar-refractivity contribution in [2.24, 2.45) is 0 Å². The molecule has 2 N–H and O–H groups in total. The zero-order valence-corrected chi connectivity index (χ0v) is 27.5. The summed E-state index contributed by atoms with van der Waals surface area (Å²) in [7, 11) is 0. The highest BCUT2D eigenvalue weighted by molar-refractivity contribution is 6.05. The van der Waals surface area contributed by atoms with Crippen molar-refractivity contribution in [1.29, 1.82) is 0 Å². The smallest absolute Gasteiger partial charge is 0.255 e. The lowest BCUT2D eigenvalue weighted by molar-refractivity contribution is -0.136. The van der Waals surface area contributed by atoms with Crippen LogP contribution >= 0.6 is 0 Å². The van der Waals surface area contributed by atoms with Gasteiger partial charge in [-0.3, -0.25) is 19.7 Å². The number of imide groups is 1. The molecule has 0 bridgehead atoms. The first kappa shape index (κ1) is 33.5. The van der Waals surface area contributed by atoms with Crippen molar-refractivity contribution >= 4 is 28.9 Å². The lowest BCUT2D eigenvalue weighted by atomic mass is 9.88. The normalized spacial score (nSPS) is 16.2. The van der Waals surface area contributed by atoms with E-state index in [1.54, 1.807) is 24.3 Å². The summed E-state index contributed by atoms with van der Waals surface area (Å²) in [4.78, 5) is 38.2. The molecule has 2 aliphatic rings. The highest BCUT2D eigenvalue weighted by Crippen LogP contribution is 2.36. The minimum absolute atomic E-state index is 0.202. The van der Waals surface area contributed by atoms with Crippen LogP contribution in [0.1, 0.15) is 65.2 Å². The van der Waals surface area contributed by atoms with Crippen molar-refractivity contribution in [1.82, 2.24) is 10.2 Å². The minimum atomic E-state index is -0.636. The van der Waals surface area contributed by atoms with Crippen LogP contribution in [-0.2, 0) is 20.9 Å². The first-order chi connectivity index (χ1) is 23.9. The van der Waals surface area contributed by atoms with Crippen molar-refractivity contribution in [3.63, 3.8) is 0 Å². The Morgan fingerprint density at radius 1 is 0.796 bits per heavy atom. The van der Waals surface area contributed by atoms with E-state index in [1.807, 2.05) is 48.5 Å². The number of aromatic hydroxyl groups is 1. The number of benzene rings is 4. The van der Waals surface area contributed by atoms with Gasteiger partial charge in [0.25, 0.3) is 5.91 Å². The monoisotopic (exact) mass is 660 g/mol. The molecule has 0 spiro atoms. The molecule has 9 heteroatoms. The third-order valence-electron chi connectivity index (χ3n) is 8.77. The number of amides is 3. The maximum absolute atomic E-state index is 12.9. The molecule has 0 saturated carbocycles. The van der Waals surface area contributed by atoms with Gasteiger partial charge in [0, 0.05) is 31.6 Å². The minimum Gasteiger partial charge on any atom is -0.508 e. The molecule has 0 aromatic heterocycles.